The van der Waals surface area contributed by atoms with Gasteiger partial charge in [0.15, 0.2) is 0 Å². The van der Waals surface area contributed by atoms with Crippen molar-refractivity contribution in [2.75, 3.05) is 0 Å². The second kappa shape index (κ2) is 4.70. The van der Waals surface area contributed by atoms with E-state index < -0.39 is 0 Å². The van der Waals surface area contributed by atoms with Crippen molar-refractivity contribution < 1.29 is 9.18 Å². The molecule has 0 amide bonds. The molecule has 1 heterocycles. The molecular formula is C13H10BrFOS. The number of carbonyl (C=O) groups excluding carboxylic acids is 1. The van der Waals surface area contributed by atoms with Crippen LogP contribution >= 0.6 is 27.3 Å². The molecule has 0 aliphatic carbocycles. The standard InChI is InChI=1S/C13H10BrFOS/c1-7-5-9(6-8(2)12(7)15)13(16)10-3-4-11(14)17-10/h3-6H,1-2H3. The quantitative estimate of drug-likeness (QED) is 0.746. The average molecular weight is 313 g/mol. The monoisotopic (exact) mass is 312 g/mol. The predicted molar refractivity (Wildman–Crippen MR) is 71.3 cm³/mol. The van der Waals surface area contributed by atoms with Crippen molar-refractivity contribution in [3.05, 3.63) is 55.4 Å². The second-order valence-electron chi connectivity index (χ2n) is 3.86. The molecule has 1 aromatic carbocycles. The molecule has 2 aromatic rings. The summed E-state index contributed by atoms with van der Waals surface area (Å²) in [5, 5.41) is 0. The summed E-state index contributed by atoms with van der Waals surface area (Å²) in [5.74, 6) is -0.305. The van der Waals surface area contributed by atoms with Crippen LogP contribution in [0, 0.1) is 19.7 Å². The molecule has 2 rings (SSSR count). The summed E-state index contributed by atoms with van der Waals surface area (Å²) in [6.07, 6.45) is 0. The zero-order chi connectivity index (χ0) is 12.6. The molecule has 0 aliphatic heterocycles. The summed E-state index contributed by atoms with van der Waals surface area (Å²) in [7, 11) is 0. The molecule has 88 valence electrons. The fourth-order valence-corrected chi connectivity index (χ4v) is 3.00. The van der Waals surface area contributed by atoms with Gasteiger partial charge in [-0.15, -0.1) is 11.3 Å². The van der Waals surface area contributed by atoms with Gasteiger partial charge in [-0.25, -0.2) is 4.39 Å². The maximum Gasteiger partial charge on any atom is 0.203 e. The Morgan fingerprint density at radius 2 is 1.82 bits per heavy atom. The highest BCUT2D eigenvalue weighted by Gasteiger charge is 2.14. The number of hydrogen-bond donors (Lipinski definition) is 0. The van der Waals surface area contributed by atoms with E-state index in [1.807, 2.05) is 6.07 Å². The number of hydrogen-bond acceptors (Lipinski definition) is 2. The van der Waals surface area contributed by atoms with Crippen molar-refractivity contribution in [2.45, 2.75) is 13.8 Å². The first-order valence-electron chi connectivity index (χ1n) is 5.06. The van der Waals surface area contributed by atoms with Crippen LogP contribution in [0.15, 0.2) is 28.1 Å². The molecule has 0 N–H and O–H groups in total. The topological polar surface area (TPSA) is 17.1 Å². The van der Waals surface area contributed by atoms with E-state index in [0.29, 0.717) is 21.6 Å². The van der Waals surface area contributed by atoms with Crippen molar-refractivity contribution in [3.63, 3.8) is 0 Å². The van der Waals surface area contributed by atoms with Crippen molar-refractivity contribution in [1.82, 2.24) is 0 Å². The molecule has 4 heteroatoms. The summed E-state index contributed by atoms with van der Waals surface area (Å²) in [6, 6.07) is 6.79. The fraction of sp³-hybridized carbons (Fsp3) is 0.154. The lowest BCUT2D eigenvalue weighted by Crippen LogP contribution is -2.01. The highest BCUT2D eigenvalue weighted by atomic mass is 79.9. The maximum absolute atomic E-state index is 13.5. The summed E-state index contributed by atoms with van der Waals surface area (Å²) < 4.78 is 14.4. The first kappa shape index (κ1) is 12.5. The number of thiophene rings is 1. The van der Waals surface area contributed by atoms with E-state index in [-0.39, 0.29) is 11.6 Å². The Kier molecular flexibility index (Phi) is 3.45. The highest BCUT2D eigenvalue weighted by Crippen LogP contribution is 2.25. The van der Waals surface area contributed by atoms with Crippen LogP contribution in [-0.4, -0.2) is 5.78 Å². The van der Waals surface area contributed by atoms with Crippen LogP contribution in [0.3, 0.4) is 0 Å². The Labute approximate surface area is 111 Å². The van der Waals surface area contributed by atoms with Gasteiger partial charge in [-0.3, -0.25) is 4.79 Å². The number of rotatable bonds is 2. The fourth-order valence-electron chi connectivity index (χ4n) is 1.66. The maximum atomic E-state index is 13.5. The number of benzene rings is 1. The summed E-state index contributed by atoms with van der Waals surface area (Å²) in [5.41, 5.74) is 1.55. The van der Waals surface area contributed by atoms with Crippen LogP contribution in [0.5, 0.6) is 0 Å². The molecule has 1 aromatic heterocycles. The lowest BCUT2D eigenvalue weighted by Gasteiger charge is -2.04. The zero-order valence-electron chi connectivity index (χ0n) is 9.38. The van der Waals surface area contributed by atoms with Gasteiger partial charge in [0.2, 0.25) is 5.78 Å². The molecule has 17 heavy (non-hydrogen) atoms. The van der Waals surface area contributed by atoms with Gasteiger partial charge in [0.1, 0.15) is 5.82 Å². The zero-order valence-corrected chi connectivity index (χ0v) is 11.8. The largest absolute Gasteiger partial charge is 0.288 e. The molecule has 0 spiro atoms. The summed E-state index contributed by atoms with van der Waals surface area (Å²) >= 11 is 4.70. The Balaban J connectivity index is 2.44. The van der Waals surface area contributed by atoms with Gasteiger partial charge < -0.3 is 0 Å². The SMILES string of the molecule is Cc1cc(C(=O)c2ccc(Br)s2)cc(C)c1F. The van der Waals surface area contributed by atoms with E-state index in [4.69, 9.17) is 0 Å². The molecule has 0 unspecified atom stereocenters. The molecule has 0 saturated carbocycles. The Hall–Kier alpha value is -1.000. The van der Waals surface area contributed by atoms with Gasteiger partial charge in [0.25, 0.3) is 0 Å². The van der Waals surface area contributed by atoms with E-state index in [2.05, 4.69) is 15.9 Å². The van der Waals surface area contributed by atoms with Crippen molar-refractivity contribution in [1.29, 1.82) is 0 Å². The van der Waals surface area contributed by atoms with E-state index in [1.54, 1.807) is 32.0 Å². The smallest absolute Gasteiger partial charge is 0.203 e. The van der Waals surface area contributed by atoms with Crippen LogP contribution in [0.25, 0.3) is 0 Å². The highest BCUT2D eigenvalue weighted by molar-refractivity contribution is 9.11. The van der Waals surface area contributed by atoms with Crippen LogP contribution in [0.2, 0.25) is 0 Å². The van der Waals surface area contributed by atoms with Crippen molar-refractivity contribution in [2.24, 2.45) is 0 Å². The molecule has 0 bridgehead atoms. The summed E-state index contributed by atoms with van der Waals surface area (Å²) in [6.45, 7) is 3.34. The van der Waals surface area contributed by atoms with Gasteiger partial charge in [-0.05, 0) is 65.2 Å². The first-order chi connectivity index (χ1) is 7.99. The number of aryl methyl sites for hydroxylation is 2. The lowest BCUT2D eigenvalue weighted by molar-refractivity contribution is 0.104. The number of ketones is 1. The molecule has 0 atom stereocenters. The minimum absolute atomic E-state index is 0.0631. The van der Waals surface area contributed by atoms with Gasteiger partial charge in [-0.2, -0.15) is 0 Å². The van der Waals surface area contributed by atoms with Gasteiger partial charge in [-0.1, -0.05) is 0 Å². The molecule has 0 fully saturated rings. The van der Waals surface area contributed by atoms with Crippen molar-refractivity contribution >= 4 is 33.0 Å². The second-order valence-corrected chi connectivity index (χ2v) is 6.32. The number of carbonyl (C=O) groups is 1. The third-order valence-corrected chi connectivity index (χ3v) is 4.12. The van der Waals surface area contributed by atoms with Gasteiger partial charge >= 0.3 is 0 Å². The minimum Gasteiger partial charge on any atom is -0.288 e. The third kappa shape index (κ3) is 2.48. The molecular weight excluding hydrogens is 303 g/mol. The van der Waals surface area contributed by atoms with E-state index in [1.165, 1.54) is 11.3 Å². The molecule has 0 aliphatic rings. The average Bonchev–Trinajstić information content (AvgIpc) is 2.71. The first-order valence-corrected chi connectivity index (χ1v) is 6.67. The Morgan fingerprint density at radius 1 is 1.24 bits per heavy atom. The third-order valence-electron chi connectivity index (χ3n) is 2.50. The van der Waals surface area contributed by atoms with Crippen molar-refractivity contribution in [3.8, 4) is 0 Å². The molecule has 1 nitrogen and oxygen atoms in total. The van der Waals surface area contributed by atoms with Crippen LogP contribution in [0.1, 0.15) is 26.4 Å². The van der Waals surface area contributed by atoms with E-state index >= 15 is 0 Å². The van der Waals surface area contributed by atoms with E-state index in [0.717, 1.165) is 3.79 Å². The minimum atomic E-state index is -0.242. The molecule has 0 radical (unpaired) electrons. The predicted octanol–water partition coefficient (Wildman–Crippen LogP) is 4.50. The van der Waals surface area contributed by atoms with Gasteiger partial charge in [0, 0.05) is 5.56 Å². The Morgan fingerprint density at radius 3 is 2.29 bits per heavy atom. The van der Waals surface area contributed by atoms with Crippen LogP contribution < -0.4 is 0 Å². The van der Waals surface area contributed by atoms with Gasteiger partial charge in [0.05, 0.1) is 8.66 Å². The van der Waals surface area contributed by atoms with Crippen LogP contribution in [0.4, 0.5) is 4.39 Å². The molecule has 0 saturated heterocycles. The van der Waals surface area contributed by atoms with Crippen LogP contribution in [-0.2, 0) is 0 Å². The lowest BCUT2D eigenvalue weighted by atomic mass is 10.0. The Bertz CT molecular complexity index is 566. The summed E-state index contributed by atoms with van der Waals surface area (Å²) in [4.78, 5) is 12.8. The van der Waals surface area contributed by atoms with E-state index in [9.17, 15) is 9.18 Å². The number of halogens is 2. The normalized spacial score (nSPS) is 10.6.